The molecule has 0 aliphatic carbocycles. The third kappa shape index (κ3) is 4.42. The molecule has 0 spiro atoms. The third-order valence-corrected chi connectivity index (χ3v) is 7.79. The highest BCUT2D eigenvalue weighted by molar-refractivity contribution is 9.10. The van der Waals surface area contributed by atoms with Crippen molar-refractivity contribution < 1.29 is 17.9 Å². The summed E-state index contributed by atoms with van der Waals surface area (Å²) in [6, 6.07) is 18.1. The molecule has 0 bridgehead atoms. The maximum Gasteiger partial charge on any atom is 0.267 e. The molecule has 0 saturated carbocycles. The number of benzene rings is 3. The molecule has 1 aliphatic rings. The number of hydrogen-bond donors (Lipinski definition) is 1. The van der Waals surface area contributed by atoms with Crippen LogP contribution in [0.1, 0.15) is 5.56 Å². The highest BCUT2D eigenvalue weighted by Crippen LogP contribution is 2.37. The lowest BCUT2D eigenvalue weighted by atomic mass is 10.2. The Kier molecular flexibility index (Phi) is 5.96. The fourth-order valence-corrected chi connectivity index (χ4v) is 5.09. The molecule has 3 aromatic rings. The van der Waals surface area contributed by atoms with Crippen molar-refractivity contribution in [1.29, 1.82) is 0 Å². The van der Waals surface area contributed by atoms with E-state index in [1.807, 2.05) is 19.1 Å². The molecule has 9 heteroatoms. The van der Waals surface area contributed by atoms with Crippen LogP contribution >= 0.6 is 27.5 Å². The number of fused-ring (bicyclic) bond motifs is 1. The van der Waals surface area contributed by atoms with Gasteiger partial charge in [-0.05, 0) is 67.1 Å². The topological polar surface area (TPSA) is 75.7 Å². The Morgan fingerprint density at radius 1 is 1.13 bits per heavy atom. The van der Waals surface area contributed by atoms with Crippen molar-refractivity contribution in [3.8, 4) is 5.75 Å². The van der Waals surface area contributed by atoms with Gasteiger partial charge in [-0.15, -0.1) is 0 Å². The van der Waals surface area contributed by atoms with Crippen LogP contribution in [0.25, 0.3) is 0 Å². The van der Waals surface area contributed by atoms with Gasteiger partial charge in [-0.1, -0.05) is 39.7 Å². The van der Waals surface area contributed by atoms with E-state index in [0.29, 0.717) is 22.1 Å². The number of halogens is 2. The van der Waals surface area contributed by atoms with Gasteiger partial charge in [0.05, 0.1) is 17.1 Å². The average molecular weight is 522 g/mol. The third-order valence-electron chi connectivity index (χ3n) is 4.85. The van der Waals surface area contributed by atoms with Crippen LogP contribution in [0.3, 0.4) is 0 Å². The van der Waals surface area contributed by atoms with Gasteiger partial charge in [-0.3, -0.25) is 9.10 Å². The molecule has 1 amide bonds. The van der Waals surface area contributed by atoms with E-state index in [2.05, 4.69) is 21.2 Å². The lowest BCUT2D eigenvalue weighted by molar-refractivity contribution is -0.122. The predicted octanol–water partition coefficient (Wildman–Crippen LogP) is 5.01. The molecule has 0 fully saturated rings. The smallest absolute Gasteiger partial charge is 0.267 e. The van der Waals surface area contributed by atoms with Crippen LogP contribution in [0.5, 0.6) is 5.75 Å². The number of para-hydroxylation sites is 2. The highest BCUT2D eigenvalue weighted by Gasteiger charge is 2.37. The molecule has 1 heterocycles. The fourth-order valence-electron chi connectivity index (χ4n) is 3.25. The molecule has 6 nitrogen and oxygen atoms in total. The van der Waals surface area contributed by atoms with Gasteiger partial charge in [-0.25, -0.2) is 8.42 Å². The first-order valence-electron chi connectivity index (χ1n) is 9.37. The zero-order chi connectivity index (χ0) is 22.2. The summed E-state index contributed by atoms with van der Waals surface area (Å²) in [5.41, 5.74) is 1.93. The van der Waals surface area contributed by atoms with Gasteiger partial charge in [0.15, 0.2) is 6.10 Å². The fraction of sp³-hybridized carbons (Fsp3) is 0.136. The first-order chi connectivity index (χ1) is 14.8. The van der Waals surface area contributed by atoms with Crippen LogP contribution in [0.15, 0.2) is 76.1 Å². The number of nitrogens with zero attached hydrogens (tertiary/aromatic N) is 1. The minimum atomic E-state index is -3.94. The molecular formula is C22H18BrClN2O4S. The van der Waals surface area contributed by atoms with Gasteiger partial charge in [0.25, 0.3) is 15.9 Å². The standard InChI is InChI=1S/C22H18BrClN2O4S/c1-14-12-16(8-11-18(14)23)25-22(27)21-13-26(19-4-2-3-5-20(19)30-21)31(28,29)17-9-6-15(24)7-10-17/h2-12,21H,13H2,1H3,(H,25,27)/t21-/m1/s1. The molecule has 3 aromatic carbocycles. The summed E-state index contributed by atoms with van der Waals surface area (Å²) in [7, 11) is -3.94. The molecule has 0 saturated heterocycles. The summed E-state index contributed by atoms with van der Waals surface area (Å²) in [6.45, 7) is 1.75. The number of amides is 1. The summed E-state index contributed by atoms with van der Waals surface area (Å²) in [6.07, 6.45) is -1.03. The maximum atomic E-state index is 13.4. The van der Waals surface area contributed by atoms with Crippen LogP contribution in [0.4, 0.5) is 11.4 Å². The van der Waals surface area contributed by atoms with Gasteiger partial charge in [0, 0.05) is 15.2 Å². The van der Waals surface area contributed by atoms with Crippen LogP contribution in [0, 0.1) is 6.92 Å². The SMILES string of the molecule is Cc1cc(NC(=O)[C@H]2CN(S(=O)(=O)c3ccc(Cl)cc3)c3ccccc3O2)ccc1Br. The summed E-state index contributed by atoms with van der Waals surface area (Å²) in [5, 5.41) is 3.24. The molecule has 0 unspecified atom stereocenters. The summed E-state index contributed by atoms with van der Waals surface area (Å²) in [4.78, 5) is 13.0. The average Bonchev–Trinajstić information content (AvgIpc) is 2.75. The molecule has 4 rings (SSSR count). The Bertz CT molecular complexity index is 1250. The lowest BCUT2D eigenvalue weighted by Gasteiger charge is -2.34. The second kappa shape index (κ2) is 8.53. The van der Waals surface area contributed by atoms with Crippen LogP contribution in [-0.4, -0.2) is 27.0 Å². The van der Waals surface area contributed by atoms with E-state index < -0.39 is 22.0 Å². The molecule has 0 aromatic heterocycles. The van der Waals surface area contributed by atoms with E-state index in [9.17, 15) is 13.2 Å². The molecule has 1 aliphatic heterocycles. The number of nitrogens with one attached hydrogen (secondary N) is 1. The van der Waals surface area contributed by atoms with Crippen molar-refractivity contribution >= 4 is 54.8 Å². The molecule has 0 radical (unpaired) electrons. The monoisotopic (exact) mass is 520 g/mol. The number of anilines is 2. The maximum absolute atomic E-state index is 13.4. The second-order valence-electron chi connectivity index (χ2n) is 7.02. The van der Waals surface area contributed by atoms with E-state index >= 15 is 0 Å². The first-order valence-corrected chi connectivity index (χ1v) is 12.0. The van der Waals surface area contributed by atoms with Crippen LogP contribution < -0.4 is 14.4 Å². The minimum Gasteiger partial charge on any atom is -0.476 e. The Morgan fingerprint density at radius 2 is 1.84 bits per heavy atom. The molecule has 31 heavy (non-hydrogen) atoms. The van der Waals surface area contributed by atoms with Crippen molar-refractivity contribution in [2.24, 2.45) is 0 Å². The number of rotatable bonds is 4. The molecular weight excluding hydrogens is 504 g/mol. The largest absolute Gasteiger partial charge is 0.476 e. The Balaban J connectivity index is 1.66. The molecule has 160 valence electrons. The minimum absolute atomic E-state index is 0.0799. The number of aryl methyl sites for hydroxylation is 1. The van der Waals surface area contributed by atoms with E-state index in [-0.39, 0.29) is 11.4 Å². The van der Waals surface area contributed by atoms with E-state index in [1.54, 1.807) is 30.3 Å². The second-order valence-corrected chi connectivity index (χ2v) is 10.2. The summed E-state index contributed by atoms with van der Waals surface area (Å²) in [5.74, 6) is -0.119. The van der Waals surface area contributed by atoms with Crippen LogP contribution in [-0.2, 0) is 14.8 Å². The Hall–Kier alpha value is -2.55. The summed E-state index contributed by atoms with van der Waals surface area (Å²) < 4.78 is 34.7. The van der Waals surface area contributed by atoms with Crippen molar-refractivity contribution in [2.75, 3.05) is 16.2 Å². The lowest BCUT2D eigenvalue weighted by Crippen LogP contribution is -2.48. The number of hydrogen-bond acceptors (Lipinski definition) is 4. The highest BCUT2D eigenvalue weighted by atomic mass is 79.9. The van der Waals surface area contributed by atoms with E-state index in [1.165, 1.54) is 28.6 Å². The van der Waals surface area contributed by atoms with Crippen LogP contribution in [0.2, 0.25) is 5.02 Å². The van der Waals surface area contributed by atoms with Crippen molar-refractivity contribution in [1.82, 2.24) is 0 Å². The Labute approximate surface area is 194 Å². The van der Waals surface area contributed by atoms with E-state index in [0.717, 1.165) is 10.0 Å². The van der Waals surface area contributed by atoms with Crippen molar-refractivity contribution in [3.63, 3.8) is 0 Å². The summed E-state index contributed by atoms with van der Waals surface area (Å²) >= 11 is 9.33. The van der Waals surface area contributed by atoms with Gasteiger partial charge >= 0.3 is 0 Å². The van der Waals surface area contributed by atoms with Gasteiger partial charge in [0.2, 0.25) is 0 Å². The molecule has 1 atom stereocenters. The zero-order valence-corrected chi connectivity index (χ0v) is 19.5. The first kappa shape index (κ1) is 21.7. The molecule has 1 N–H and O–H groups in total. The normalized spacial score (nSPS) is 15.7. The van der Waals surface area contributed by atoms with Gasteiger partial charge in [-0.2, -0.15) is 0 Å². The Morgan fingerprint density at radius 3 is 2.55 bits per heavy atom. The number of sulfonamides is 1. The zero-order valence-electron chi connectivity index (χ0n) is 16.4. The van der Waals surface area contributed by atoms with Gasteiger partial charge in [0.1, 0.15) is 5.75 Å². The van der Waals surface area contributed by atoms with E-state index in [4.69, 9.17) is 16.3 Å². The predicted molar refractivity (Wildman–Crippen MR) is 124 cm³/mol. The van der Waals surface area contributed by atoms with Crippen molar-refractivity contribution in [2.45, 2.75) is 17.9 Å². The number of carbonyl (C=O) groups excluding carboxylic acids is 1. The van der Waals surface area contributed by atoms with Gasteiger partial charge < -0.3 is 10.1 Å². The quantitative estimate of drug-likeness (QED) is 0.524. The number of carbonyl (C=O) groups is 1. The van der Waals surface area contributed by atoms with Crippen molar-refractivity contribution in [3.05, 3.63) is 81.8 Å². The number of ether oxygens (including phenoxy) is 1.